The van der Waals surface area contributed by atoms with Crippen molar-refractivity contribution in [2.75, 3.05) is 0 Å². The summed E-state index contributed by atoms with van der Waals surface area (Å²) in [6.45, 7) is 3.46. The van der Waals surface area contributed by atoms with E-state index in [1.807, 2.05) is 19.1 Å². The molecule has 0 saturated heterocycles. The van der Waals surface area contributed by atoms with Crippen molar-refractivity contribution in [2.45, 2.75) is 20.0 Å². The summed E-state index contributed by atoms with van der Waals surface area (Å²) < 4.78 is 5.49. The van der Waals surface area contributed by atoms with Crippen LogP contribution in [0.15, 0.2) is 42.5 Å². The minimum atomic E-state index is -0.878. The molecule has 9 heteroatoms. The minimum absolute atomic E-state index is 0.0712. The molecule has 27 heavy (non-hydrogen) atoms. The number of carbonyl (C=O) groups is 2. The zero-order chi connectivity index (χ0) is 20.0. The molecule has 0 aliphatic carbocycles. The topological polar surface area (TPSA) is 79.5 Å². The van der Waals surface area contributed by atoms with Crippen LogP contribution < -0.4 is 20.9 Å². The molecular formula is C18H17Cl2N3O3S. The second kappa shape index (κ2) is 9.55. The Bertz CT molecular complexity index is 859. The molecule has 0 spiro atoms. The second-order valence-electron chi connectivity index (χ2n) is 5.60. The van der Waals surface area contributed by atoms with Gasteiger partial charge in [-0.2, -0.15) is 0 Å². The molecule has 0 heterocycles. The number of halogens is 2. The molecule has 2 rings (SSSR count). The first-order valence-corrected chi connectivity index (χ1v) is 9.02. The summed E-state index contributed by atoms with van der Waals surface area (Å²) in [7, 11) is 0. The zero-order valence-electron chi connectivity index (χ0n) is 14.5. The van der Waals surface area contributed by atoms with Gasteiger partial charge in [-0.3, -0.25) is 25.8 Å². The molecule has 0 aliphatic rings. The van der Waals surface area contributed by atoms with Gasteiger partial charge in [0.2, 0.25) is 0 Å². The van der Waals surface area contributed by atoms with Crippen molar-refractivity contribution >= 4 is 52.3 Å². The average Bonchev–Trinajstić information content (AvgIpc) is 2.62. The molecule has 2 aromatic rings. The standard InChI is InChI=1S/C18H17Cl2N3O3S/c1-10-3-5-12(6-4-10)17(25)22-23-18(27)21-16(24)11(2)26-15-8-7-13(19)9-14(15)20/h3-9,11H,1-2H3,(H,22,25)(H2,21,23,24,27). The first-order chi connectivity index (χ1) is 12.8. The van der Waals surface area contributed by atoms with Crippen LogP contribution in [0.2, 0.25) is 10.0 Å². The zero-order valence-corrected chi connectivity index (χ0v) is 16.8. The van der Waals surface area contributed by atoms with Gasteiger partial charge >= 0.3 is 0 Å². The number of amides is 2. The number of nitrogens with one attached hydrogen (secondary N) is 3. The molecule has 1 atom stereocenters. The lowest BCUT2D eigenvalue weighted by Gasteiger charge is -2.17. The molecule has 2 amide bonds. The van der Waals surface area contributed by atoms with Crippen LogP contribution in [-0.4, -0.2) is 23.0 Å². The Morgan fingerprint density at radius 1 is 1.07 bits per heavy atom. The molecular weight excluding hydrogens is 409 g/mol. The third kappa shape index (κ3) is 6.39. The monoisotopic (exact) mass is 425 g/mol. The fraction of sp³-hybridized carbons (Fsp3) is 0.167. The van der Waals surface area contributed by atoms with Crippen LogP contribution in [-0.2, 0) is 4.79 Å². The Morgan fingerprint density at radius 3 is 2.37 bits per heavy atom. The summed E-state index contributed by atoms with van der Waals surface area (Å²) in [6, 6.07) is 11.7. The molecule has 0 radical (unpaired) electrons. The first kappa shape index (κ1) is 21.0. The highest BCUT2D eigenvalue weighted by atomic mass is 35.5. The van der Waals surface area contributed by atoms with E-state index in [2.05, 4.69) is 16.2 Å². The highest BCUT2D eigenvalue weighted by molar-refractivity contribution is 7.80. The highest BCUT2D eigenvalue weighted by Gasteiger charge is 2.17. The van der Waals surface area contributed by atoms with E-state index in [0.717, 1.165) is 5.56 Å². The van der Waals surface area contributed by atoms with Crippen molar-refractivity contribution in [2.24, 2.45) is 0 Å². The van der Waals surface area contributed by atoms with Crippen LogP contribution in [0.1, 0.15) is 22.8 Å². The van der Waals surface area contributed by atoms with Crippen molar-refractivity contribution in [3.63, 3.8) is 0 Å². The van der Waals surface area contributed by atoms with Crippen molar-refractivity contribution in [1.29, 1.82) is 0 Å². The normalized spacial score (nSPS) is 11.3. The lowest BCUT2D eigenvalue weighted by molar-refractivity contribution is -0.125. The van der Waals surface area contributed by atoms with Gasteiger partial charge in [-0.25, -0.2) is 0 Å². The van der Waals surface area contributed by atoms with E-state index in [1.165, 1.54) is 13.0 Å². The Labute approximate surface area is 172 Å². The van der Waals surface area contributed by atoms with E-state index in [0.29, 0.717) is 16.3 Å². The average molecular weight is 426 g/mol. The predicted octanol–water partition coefficient (Wildman–Crippen LogP) is 3.40. The third-order valence-electron chi connectivity index (χ3n) is 3.41. The molecule has 6 nitrogen and oxygen atoms in total. The van der Waals surface area contributed by atoms with Gasteiger partial charge in [0.05, 0.1) is 5.02 Å². The van der Waals surface area contributed by atoms with Crippen LogP contribution in [0.5, 0.6) is 5.75 Å². The molecule has 0 aromatic heterocycles. The molecule has 142 valence electrons. The summed E-state index contributed by atoms with van der Waals surface area (Å²) in [4.78, 5) is 24.1. The van der Waals surface area contributed by atoms with Gasteiger partial charge in [0.25, 0.3) is 11.8 Å². The Morgan fingerprint density at radius 2 is 1.74 bits per heavy atom. The number of aryl methyl sites for hydroxylation is 1. The lowest BCUT2D eigenvalue weighted by Crippen LogP contribution is -2.51. The minimum Gasteiger partial charge on any atom is -0.479 e. The number of hydrogen-bond donors (Lipinski definition) is 3. The van der Waals surface area contributed by atoms with E-state index < -0.39 is 12.0 Å². The van der Waals surface area contributed by atoms with E-state index in [-0.39, 0.29) is 16.0 Å². The van der Waals surface area contributed by atoms with Crippen LogP contribution in [0.4, 0.5) is 0 Å². The van der Waals surface area contributed by atoms with Crippen LogP contribution >= 0.6 is 35.4 Å². The highest BCUT2D eigenvalue weighted by Crippen LogP contribution is 2.28. The van der Waals surface area contributed by atoms with Gasteiger partial charge in [0.15, 0.2) is 11.2 Å². The Balaban J connectivity index is 1.82. The van der Waals surface area contributed by atoms with Crippen LogP contribution in [0.3, 0.4) is 0 Å². The maximum atomic E-state index is 12.1. The van der Waals surface area contributed by atoms with Crippen molar-refractivity contribution in [3.8, 4) is 5.75 Å². The van der Waals surface area contributed by atoms with Crippen molar-refractivity contribution < 1.29 is 14.3 Å². The molecule has 2 aromatic carbocycles. The maximum absolute atomic E-state index is 12.1. The van der Waals surface area contributed by atoms with Gasteiger partial charge in [0, 0.05) is 10.6 Å². The van der Waals surface area contributed by atoms with Crippen LogP contribution in [0, 0.1) is 6.92 Å². The van der Waals surface area contributed by atoms with E-state index >= 15 is 0 Å². The second-order valence-corrected chi connectivity index (χ2v) is 6.85. The number of ether oxygens (including phenoxy) is 1. The summed E-state index contributed by atoms with van der Waals surface area (Å²) in [6.07, 6.45) is -0.878. The molecule has 1 unspecified atom stereocenters. The molecule has 3 N–H and O–H groups in total. The number of benzene rings is 2. The number of thiocarbonyl (C=S) groups is 1. The smallest absolute Gasteiger partial charge is 0.269 e. The predicted molar refractivity (Wildman–Crippen MR) is 109 cm³/mol. The fourth-order valence-corrected chi connectivity index (χ4v) is 2.55. The first-order valence-electron chi connectivity index (χ1n) is 7.86. The van der Waals surface area contributed by atoms with Gasteiger partial charge in [-0.1, -0.05) is 40.9 Å². The van der Waals surface area contributed by atoms with E-state index in [9.17, 15) is 9.59 Å². The summed E-state index contributed by atoms with van der Waals surface area (Å²) in [5.74, 6) is -0.581. The van der Waals surface area contributed by atoms with Crippen molar-refractivity contribution in [1.82, 2.24) is 16.2 Å². The van der Waals surface area contributed by atoms with E-state index in [1.54, 1.807) is 24.3 Å². The number of rotatable bonds is 4. The van der Waals surface area contributed by atoms with Gasteiger partial charge in [0.1, 0.15) is 5.75 Å². The SMILES string of the molecule is Cc1ccc(C(=O)NNC(=S)NC(=O)C(C)Oc2ccc(Cl)cc2Cl)cc1. The Kier molecular flexibility index (Phi) is 7.41. The lowest BCUT2D eigenvalue weighted by atomic mass is 10.1. The summed E-state index contributed by atoms with van der Waals surface area (Å²) in [5.41, 5.74) is 6.36. The quantitative estimate of drug-likeness (QED) is 0.516. The molecule has 0 aliphatic heterocycles. The summed E-state index contributed by atoms with van der Waals surface area (Å²) >= 11 is 16.8. The van der Waals surface area contributed by atoms with Gasteiger partial charge in [-0.15, -0.1) is 0 Å². The van der Waals surface area contributed by atoms with Crippen molar-refractivity contribution in [3.05, 3.63) is 63.6 Å². The molecule has 0 saturated carbocycles. The largest absolute Gasteiger partial charge is 0.479 e. The number of carbonyl (C=O) groups excluding carboxylic acids is 2. The fourth-order valence-electron chi connectivity index (χ4n) is 1.95. The summed E-state index contributed by atoms with van der Waals surface area (Å²) in [5, 5.41) is 3.09. The van der Waals surface area contributed by atoms with Crippen LogP contribution in [0.25, 0.3) is 0 Å². The third-order valence-corrected chi connectivity index (χ3v) is 4.14. The van der Waals surface area contributed by atoms with Gasteiger partial charge in [-0.05, 0) is 56.4 Å². The number of hydrazine groups is 1. The number of hydrogen-bond acceptors (Lipinski definition) is 4. The maximum Gasteiger partial charge on any atom is 0.269 e. The Hall–Kier alpha value is -2.35. The van der Waals surface area contributed by atoms with E-state index in [4.69, 9.17) is 40.2 Å². The molecule has 0 bridgehead atoms. The van der Waals surface area contributed by atoms with Gasteiger partial charge < -0.3 is 4.74 Å². The molecule has 0 fully saturated rings.